The van der Waals surface area contributed by atoms with Gasteiger partial charge < -0.3 is 14.5 Å². The van der Waals surface area contributed by atoms with Crippen LogP contribution in [0.15, 0.2) is 78.9 Å². The van der Waals surface area contributed by atoms with E-state index in [-0.39, 0.29) is 0 Å². The summed E-state index contributed by atoms with van der Waals surface area (Å²) in [6, 6.07) is 25.9. The Bertz CT molecular complexity index is 906. The highest BCUT2D eigenvalue weighted by molar-refractivity contribution is 6.08. The molecule has 1 heterocycles. The first-order chi connectivity index (χ1) is 12.7. The molecule has 0 saturated carbocycles. The first-order valence-corrected chi connectivity index (χ1v) is 8.74. The Morgan fingerprint density at radius 1 is 0.769 bits per heavy atom. The summed E-state index contributed by atoms with van der Waals surface area (Å²) in [6.45, 7) is 3.60. The molecule has 26 heavy (non-hydrogen) atoms. The topological polar surface area (TPSA) is 39.6 Å². The van der Waals surface area contributed by atoms with Gasteiger partial charge in [-0.15, -0.1) is 0 Å². The highest BCUT2D eigenvalue weighted by Gasteiger charge is 2.29. The zero-order valence-electron chi connectivity index (χ0n) is 14.7. The lowest BCUT2D eigenvalue weighted by Gasteiger charge is -2.23. The maximum absolute atomic E-state index is 8.66. The number of anilines is 2. The molecule has 1 aliphatic heterocycles. The zero-order chi connectivity index (χ0) is 17.9. The Labute approximate surface area is 153 Å². The Kier molecular flexibility index (Phi) is 4.32. The van der Waals surface area contributed by atoms with Crippen LogP contribution < -0.4 is 14.5 Å². The van der Waals surface area contributed by atoms with Crippen LogP contribution >= 0.6 is 0 Å². The van der Waals surface area contributed by atoms with Crippen LogP contribution in [0.4, 0.5) is 11.4 Å². The van der Waals surface area contributed by atoms with Gasteiger partial charge in [-0.2, -0.15) is 0 Å². The van der Waals surface area contributed by atoms with Crippen molar-refractivity contribution in [1.29, 1.82) is 5.41 Å². The van der Waals surface area contributed by atoms with Gasteiger partial charge in [-0.1, -0.05) is 48.0 Å². The molecule has 3 aromatic rings. The van der Waals surface area contributed by atoms with Crippen LogP contribution in [0.5, 0.6) is 11.5 Å². The van der Waals surface area contributed by atoms with Crippen molar-refractivity contribution in [3.05, 3.63) is 84.4 Å². The molecule has 4 nitrogen and oxygen atoms in total. The summed E-state index contributed by atoms with van der Waals surface area (Å²) in [7, 11) is 0. The van der Waals surface area contributed by atoms with Crippen molar-refractivity contribution < 1.29 is 4.74 Å². The van der Waals surface area contributed by atoms with Crippen LogP contribution in [-0.2, 0) is 0 Å². The molecule has 4 heteroatoms. The number of nitrogens with one attached hydrogen (secondary N) is 1. The minimum absolute atomic E-state index is 0.470. The monoisotopic (exact) mass is 343 g/mol. The molecule has 0 spiro atoms. The van der Waals surface area contributed by atoms with Gasteiger partial charge >= 0.3 is 0 Å². The molecule has 0 atom stereocenters. The molecule has 0 amide bonds. The fraction of sp³-hybridized carbons (Fsp3) is 0.136. The highest BCUT2D eigenvalue weighted by atomic mass is 16.5. The molecule has 0 bridgehead atoms. The molecule has 0 radical (unpaired) electrons. The molecular formula is C22H21N3O. The van der Waals surface area contributed by atoms with Gasteiger partial charge in [0.15, 0.2) is 5.75 Å². The van der Waals surface area contributed by atoms with Gasteiger partial charge in [0.2, 0.25) is 5.96 Å². The summed E-state index contributed by atoms with van der Waals surface area (Å²) < 4.78 is 6.07. The van der Waals surface area contributed by atoms with Crippen molar-refractivity contribution in [3.63, 3.8) is 0 Å². The van der Waals surface area contributed by atoms with Crippen molar-refractivity contribution in [2.45, 2.75) is 6.92 Å². The minimum atomic E-state index is 0.470. The van der Waals surface area contributed by atoms with Crippen LogP contribution in [0.2, 0.25) is 0 Å². The van der Waals surface area contributed by atoms with E-state index in [0.717, 1.165) is 36.0 Å². The van der Waals surface area contributed by atoms with E-state index >= 15 is 0 Å². The molecular weight excluding hydrogens is 322 g/mol. The van der Waals surface area contributed by atoms with E-state index < -0.39 is 0 Å². The van der Waals surface area contributed by atoms with Gasteiger partial charge in [0, 0.05) is 18.8 Å². The smallest absolute Gasteiger partial charge is 0.203 e. The van der Waals surface area contributed by atoms with Gasteiger partial charge in [0.25, 0.3) is 0 Å². The summed E-state index contributed by atoms with van der Waals surface area (Å²) in [5, 5.41) is 8.66. The second kappa shape index (κ2) is 6.92. The number of aryl methyl sites for hydroxylation is 1. The van der Waals surface area contributed by atoms with Gasteiger partial charge in [0.05, 0.1) is 5.69 Å². The van der Waals surface area contributed by atoms with E-state index in [4.69, 9.17) is 10.1 Å². The summed E-state index contributed by atoms with van der Waals surface area (Å²) in [6.07, 6.45) is 0. The number of nitrogens with zero attached hydrogens (tertiary/aromatic N) is 2. The van der Waals surface area contributed by atoms with E-state index in [0.29, 0.717) is 5.96 Å². The molecule has 1 N–H and O–H groups in total. The van der Waals surface area contributed by atoms with Crippen LogP contribution in [0.3, 0.4) is 0 Å². The van der Waals surface area contributed by atoms with Crippen molar-refractivity contribution in [3.8, 4) is 11.5 Å². The molecule has 1 aliphatic rings. The number of para-hydroxylation sites is 3. The predicted molar refractivity (Wildman–Crippen MR) is 107 cm³/mol. The van der Waals surface area contributed by atoms with Gasteiger partial charge in [-0.05, 0) is 43.3 Å². The lowest BCUT2D eigenvalue weighted by molar-refractivity contribution is 0.483. The Morgan fingerprint density at radius 2 is 1.42 bits per heavy atom. The standard InChI is InChI=1S/C22H21N3O/c1-17-11-13-18(14-12-17)24-15-16-25(22(24)23)20-9-5-6-10-21(20)26-19-7-3-2-4-8-19/h2-14,23H,15-16H2,1H3. The lowest BCUT2D eigenvalue weighted by Crippen LogP contribution is -2.32. The van der Waals surface area contributed by atoms with Crippen molar-refractivity contribution in [2.24, 2.45) is 0 Å². The van der Waals surface area contributed by atoms with Gasteiger partial charge in [-0.3, -0.25) is 5.41 Å². The van der Waals surface area contributed by atoms with E-state index in [1.807, 2.05) is 64.4 Å². The van der Waals surface area contributed by atoms with Crippen LogP contribution in [0, 0.1) is 12.3 Å². The summed E-state index contributed by atoms with van der Waals surface area (Å²) in [5.41, 5.74) is 3.18. The molecule has 1 fully saturated rings. The highest BCUT2D eigenvalue weighted by Crippen LogP contribution is 2.34. The molecule has 1 saturated heterocycles. The molecule has 4 rings (SSSR count). The average Bonchev–Trinajstić information content (AvgIpc) is 3.05. The summed E-state index contributed by atoms with van der Waals surface area (Å²) in [5.74, 6) is 2.02. The first kappa shape index (κ1) is 16.2. The number of hydrogen-bond donors (Lipinski definition) is 1. The van der Waals surface area contributed by atoms with Crippen molar-refractivity contribution in [1.82, 2.24) is 0 Å². The van der Waals surface area contributed by atoms with Crippen molar-refractivity contribution >= 4 is 17.3 Å². The number of hydrogen-bond acceptors (Lipinski definition) is 2. The Hall–Kier alpha value is -3.27. The third-order valence-electron chi connectivity index (χ3n) is 4.53. The molecule has 3 aromatic carbocycles. The second-order valence-electron chi connectivity index (χ2n) is 6.35. The third-order valence-corrected chi connectivity index (χ3v) is 4.53. The number of guanidine groups is 1. The molecule has 0 aliphatic carbocycles. The summed E-state index contributed by atoms with van der Waals surface area (Å²) >= 11 is 0. The normalized spacial score (nSPS) is 14.0. The number of benzene rings is 3. The first-order valence-electron chi connectivity index (χ1n) is 8.74. The van der Waals surface area contributed by atoms with E-state index in [2.05, 4.69) is 31.2 Å². The quantitative estimate of drug-likeness (QED) is 0.720. The zero-order valence-corrected chi connectivity index (χ0v) is 14.7. The Morgan fingerprint density at radius 3 is 2.19 bits per heavy atom. The van der Waals surface area contributed by atoms with E-state index in [1.54, 1.807) is 0 Å². The molecule has 0 unspecified atom stereocenters. The van der Waals surface area contributed by atoms with Crippen molar-refractivity contribution in [2.75, 3.05) is 22.9 Å². The van der Waals surface area contributed by atoms with Gasteiger partial charge in [0.1, 0.15) is 5.75 Å². The molecule has 130 valence electrons. The van der Waals surface area contributed by atoms with Crippen LogP contribution in [-0.4, -0.2) is 19.0 Å². The molecule has 0 aromatic heterocycles. The number of ether oxygens (including phenoxy) is 1. The lowest BCUT2D eigenvalue weighted by atomic mass is 10.2. The fourth-order valence-corrected chi connectivity index (χ4v) is 3.15. The van der Waals surface area contributed by atoms with Gasteiger partial charge in [-0.25, -0.2) is 0 Å². The average molecular weight is 343 g/mol. The Balaban J connectivity index is 1.60. The minimum Gasteiger partial charge on any atom is -0.455 e. The number of rotatable bonds is 4. The largest absolute Gasteiger partial charge is 0.455 e. The van der Waals surface area contributed by atoms with E-state index in [1.165, 1.54) is 5.56 Å². The van der Waals surface area contributed by atoms with E-state index in [9.17, 15) is 0 Å². The maximum Gasteiger partial charge on any atom is 0.203 e. The van der Waals surface area contributed by atoms with Crippen LogP contribution in [0.25, 0.3) is 0 Å². The summed E-state index contributed by atoms with van der Waals surface area (Å²) in [4.78, 5) is 4.02. The van der Waals surface area contributed by atoms with Crippen LogP contribution in [0.1, 0.15) is 5.56 Å². The fourth-order valence-electron chi connectivity index (χ4n) is 3.15. The SMILES string of the molecule is Cc1ccc(N2CCN(c3ccccc3Oc3ccccc3)C2=N)cc1. The predicted octanol–water partition coefficient (Wildman–Crippen LogP) is 5.05. The third kappa shape index (κ3) is 3.14. The maximum atomic E-state index is 8.66. The second-order valence-corrected chi connectivity index (χ2v) is 6.35.